The van der Waals surface area contributed by atoms with Gasteiger partial charge in [0.25, 0.3) is 0 Å². The molecule has 8 heteroatoms. The second kappa shape index (κ2) is 6.74. The van der Waals surface area contributed by atoms with Crippen molar-refractivity contribution in [3.8, 4) is 5.75 Å². The lowest BCUT2D eigenvalue weighted by Crippen LogP contribution is -2.19. The van der Waals surface area contributed by atoms with Gasteiger partial charge in [0.1, 0.15) is 11.5 Å². The molecule has 1 N–H and O–H groups in total. The maximum atomic E-state index is 12.0. The Bertz CT molecular complexity index is 577. The fourth-order valence-corrected chi connectivity index (χ4v) is 2.16. The third-order valence-electron chi connectivity index (χ3n) is 2.42. The third-order valence-corrected chi connectivity index (χ3v) is 4.13. The highest BCUT2D eigenvalue weighted by atomic mass is 79.9. The third kappa shape index (κ3) is 5.28. The van der Waals surface area contributed by atoms with E-state index in [9.17, 15) is 13.2 Å². The van der Waals surface area contributed by atoms with E-state index in [1.165, 1.54) is 12.1 Å². The predicted octanol–water partition coefficient (Wildman–Crippen LogP) is 5.36. The second-order valence-corrected chi connectivity index (χ2v) is 5.69. The average molecular weight is 429 g/mol. The highest BCUT2D eigenvalue weighted by Gasteiger charge is 2.28. The summed E-state index contributed by atoms with van der Waals surface area (Å²) in [6, 6.07) is 8.04. The first-order valence-electron chi connectivity index (χ1n) is 5.81. The topological polar surface area (TPSA) is 34.4 Å². The van der Waals surface area contributed by atoms with Crippen LogP contribution in [0, 0.1) is 0 Å². The zero-order valence-corrected chi connectivity index (χ0v) is 13.7. The van der Waals surface area contributed by atoms with Crippen molar-refractivity contribution in [2.45, 2.75) is 12.7 Å². The number of hydrogen-bond donors (Lipinski definition) is 1. The zero-order valence-electron chi connectivity index (χ0n) is 10.5. The Hall–Kier alpha value is -1.15. The van der Waals surface area contributed by atoms with E-state index in [0.29, 0.717) is 17.0 Å². The van der Waals surface area contributed by atoms with Gasteiger partial charge in [-0.2, -0.15) is 13.2 Å². The smallest absolute Gasteiger partial charge is 0.422 e. The fraction of sp³-hybridized carbons (Fsp3) is 0.231. The summed E-state index contributed by atoms with van der Waals surface area (Å²) in [5, 5.41) is 3.09. The average Bonchev–Trinajstić information content (AvgIpc) is 2.74. The molecule has 114 valence electrons. The molecule has 0 saturated carbocycles. The van der Waals surface area contributed by atoms with Crippen molar-refractivity contribution in [2.24, 2.45) is 0 Å². The summed E-state index contributed by atoms with van der Waals surface area (Å²) < 4.78 is 47.5. The van der Waals surface area contributed by atoms with Gasteiger partial charge in [0.05, 0.1) is 11.0 Å². The fourth-order valence-electron chi connectivity index (χ4n) is 1.50. The Balaban J connectivity index is 1.87. The normalized spacial score (nSPS) is 11.5. The summed E-state index contributed by atoms with van der Waals surface area (Å²) in [5.74, 6) is 0.882. The van der Waals surface area contributed by atoms with Gasteiger partial charge < -0.3 is 14.5 Å². The number of halogens is 5. The Morgan fingerprint density at radius 2 is 1.81 bits per heavy atom. The highest BCUT2D eigenvalue weighted by Crippen LogP contribution is 2.27. The number of alkyl halides is 3. The quantitative estimate of drug-likeness (QED) is 0.696. The SMILES string of the molecule is FC(F)(F)COc1ccc(NCc2cc(Br)c(Br)o2)cc1. The molecule has 0 aliphatic rings. The summed E-state index contributed by atoms with van der Waals surface area (Å²) in [6.07, 6.45) is -4.34. The van der Waals surface area contributed by atoms with Crippen LogP contribution in [0.25, 0.3) is 0 Å². The number of rotatable bonds is 5. The van der Waals surface area contributed by atoms with Crippen molar-refractivity contribution >= 4 is 37.5 Å². The van der Waals surface area contributed by atoms with E-state index in [2.05, 4.69) is 41.9 Å². The van der Waals surface area contributed by atoms with Crippen LogP contribution in [0.4, 0.5) is 18.9 Å². The van der Waals surface area contributed by atoms with Gasteiger partial charge in [-0.1, -0.05) is 0 Å². The number of ether oxygens (including phenoxy) is 1. The molecule has 0 aliphatic heterocycles. The largest absolute Gasteiger partial charge is 0.484 e. The molecule has 1 aromatic carbocycles. The first kappa shape index (κ1) is 16.2. The van der Waals surface area contributed by atoms with Gasteiger partial charge in [0.2, 0.25) is 0 Å². The molecule has 0 saturated heterocycles. The number of furan rings is 1. The van der Waals surface area contributed by atoms with Crippen molar-refractivity contribution in [3.05, 3.63) is 45.2 Å². The molecule has 0 aliphatic carbocycles. The molecular weight excluding hydrogens is 419 g/mol. The van der Waals surface area contributed by atoms with Crippen LogP contribution < -0.4 is 10.1 Å². The number of anilines is 1. The van der Waals surface area contributed by atoms with Crippen LogP contribution in [0.2, 0.25) is 0 Å². The Morgan fingerprint density at radius 1 is 1.14 bits per heavy atom. The van der Waals surface area contributed by atoms with Crippen LogP contribution >= 0.6 is 31.9 Å². The number of benzene rings is 1. The predicted molar refractivity (Wildman–Crippen MR) is 79.4 cm³/mol. The molecule has 0 fully saturated rings. The van der Waals surface area contributed by atoms with Crippen LogP contribution in [-0.2, 0) is 6.54 Å². The molecule has 21 heavy (non-hydrogen) atoms. The molecule has 0 bridgehead atoms. The lowest BCUT2D eigenvalue weighted by Gasteiger charge is -2.10. The first-order valence-corrected chi connectivity index (χ1v) is 7.39. The Labute approximate surface area is 135 Å². The van der Waals surface area contributed by atoms with Gasteiger partial charge in [-0.05, 0) is 62.2 Å². The number of hydrogen-bond acceptors (Lipinski definition) is 3. The van der Waals surface area contributed by atoms with Gasteiger partial charge >= 0.3 is 6.18 Å². The monoisotopic (exact) mass is 427 g/mol. The number of nitrogens with one attached hydrogen (secondary N) is 1. The standard InChI is InChI=1S/C13H10Br2F3NO2/c14-11-5-10(21-12(11)15)6-19-8-1-3-9(4-2-8)20-7-13(16,17)18/h1-5,19H,6-7H2. The molecule has 0 spiro atoms. The van der Waals surface area contributed by atoms with E-state index in [1.807, 2.05) is 6.07 Å². The van der Waals surface area contributed by atoms with Crippen LogP contribution in [0.1, 0.15) is 5.76 Å². The van der Waals surface area contributed by atoms with Crippen molar-refractivity contribution < 1.29 is 22.3 Å². The van der Waals surface area contributed by atoms with Crippen molar-refractivity contribution in [1.29, 1.82) is 0 Å². The second-order valence-electron chi connectivity index (χ2n) is 4.12. The summed E-state index contributed by atoms with van der Waals surface area (Å²) in [5.41, 5.74) is 0.748. The van der Waals surface area contributed by atoms with E-state index < -0.39 is 12.8 Å². The van der Waals surface area contributed by atoms with Crippen LogP contribution in [0.5, 0.6) is 5.75 Å². The molecule has 1 heterocycles. The lowest BCUT2D eigenvalue weighted by atomic mass is 10.3. The van der Waals surface area contributed by atoms with Gasteiger partial charge in [-0.15, -0.1) is 0 Å². The van der Waals surface area contributed by atoms with Gasteiger partial charge in [0.15, 0.2) is 11.3 Å². The molecule has 0 atom stereocenters. The summed E-state index contributed by atoms with van der Waals surface area (Å²) in [4.78, 5) is 0. The maximum absolute atomic E-state index is 12.0. The zero-order chi connectivity index (χ0) is 15.5. The lowest BCUT2D eigenvalue weighted by molar-refractivity contribution is -0.153. The van der Waals surface area contributed by atoms with Crippen molar-refractivity contribution in [2.75, 3.05) is 11.9 Å². The van der Waals surface area contributed by atoms with Gasteiger partial charge in [-0.25, -0.2) is 0 Å². The maximum Gasteiger partial charge on any atom is 0.422 e. The van der Waals surface area contributed by atoms with E-state index in [-0.39, 0.29) is 5.75 Å². The minimum absolute atomic E-state index is 0.168. The molecule has 3 nitrogen and oxygen atoms in total. The van der Waals surface area contributed by atoms with Crippen molar-refractivity contribution in [1.82, 2.24) is 0 Å². The van der Waals surface area contributed by atoms with E-state index in [0.717, 1.165) is 10.2 Å². The first-order chi connectivity index (χ1) is 9.83. The molecule has 1 aromatic heterocycles. The molecule has 0 radical (unpaired) electrons. The van der Waals surface area contributed by atoms with Crippen LogP contribution in [0.3, 0.4) is 0 Å². The molecular formula is C13H10Br2F3NO2. The summed E-state index contributed by atoms with van der Waals surface area (Å²) >= 11 is 6.54. The molecule has 0 amide bonds. The van der Waals surface area contributed by atoms with E-state index in [4.69, 9.17) is 4.42 Å². The summed E-state index contributed by atoms with van der Waals surface area (Å²) in [6.45, 7) is -0.846. The minimum Gasteiger partial charge on any atom is -0.484 e. The Kier molecular flexibility index (Phi) is 5.21. The van der Waals surface area contributed by atoms with Crippen LogP contribution in [-0.4, -0.2) is 12.8 Å². The van der Waals surface area contributed by atoms with Crippen LogP contribution in [0.15, 0.2) is 43.9 Å². The minimum atomic E-state index is -4.34. The summed E-state index contributed by atoms with van der Waals surface area (Å²) in [7, 11) is 0. The van der Waals surface area contributed by atoms with Crippen molar-refractivity contribution in [3.63, 3.8) is 0 Å². The Morgan fingerprint density at radius 3 is 2.33 bits per heavy atom. The van der Waals surface area contributed by atoms with E-state index in [1.54, 1.807) is 12.1 Å². The van der Waals surface area contributed by atoms with Gasteiger partial charge in [-0.3, -0.25) is 0 Å². The molecule has 2 aromatic rings. The van der Waals surface area contributed by atoms with E-state index >= 15 is 0 Å². The molecule has 2 rings (SSSR count). The highest BCUT2D eigenvalue weighted by molar-refractivity contribution is 9.13. The van der Waals surface area contributed by atoms with Gasteiger partial charge in [0, 0.05) is 5.69 Å². The molecule has 0 unspecified atom stereocenters.